The minimum atomic E-state index is -0.199. The monoisotopic (exact) mass is 427 g/mol. The average Bonchev–Trinajstić information content (AvgIpc) is 3.25. The number of thioether (sulfide) groups is 2. The molecular weight excluding hydrogens is 406 g/mol. The van der Waals surface area contributed by atoms with E-state index in [-0.39, 0.29) is 17.2 Å². The van der Waals surface area contributed by atoms with Gasteiger partial charge in [0.15, 0.2) is 5.16 Å². The van der Waals surface area contributed by atoms with Gasteiger partial charge in [0.05, 0.1) is 29.5 Å². The van der Waals surface area contributed by atoms with Crippen LogP contribution in [0.2, 0.25) is 0 Å². The van der Waals surface area contributed by atoms with E-state index in [1.54, 1.807) is 23.4 Å². The summed E-state index contributed by atoms with van der Waals surface area (Å²) in [4.78, 5) is 30.4. The van der Waals surface area contributed by atoms with Crippen molar-refractivity contribution in [3.8, 4) is 0 Å². The zero-order valence-corrected chi connectivity index (χ0v) is 17.8. The number of aromatic nitrogens is 4. The molecule has 27 heavy (non-hydrogen) atoms. The zero-order valence-electron chi connectivity index (χ0n) is 15.4. The summed E-state index contributed by atoms with van der Waals surface area (Å²) in [5.74, 6) is -0.0586. The number of anilines is 1. The van der Waals surface area contributed by atoms with Crippen LogP contribution in [0.25, 0.3) is 0 Å². The smallest absolute Gasteiger partial charge is 0.268 e. The summed E-state index contributed by atoms with van der Waals surface area (Å²) in [6.45, 7) is 4.88. The summed E-state index contributed by atoms with van der Waals surface area (Å²) in [5, 5.41) is 12.9. The number of aryl methyl sites for hydroxylation is 1. The van der Waals surface area contributed by atoms with Gasteiger partial charge in [-0.2, -0.15) is 0 Å². The second kappa shape index (κ2) is 9.18. The van der Waals surface area contributed by atoms with Gasteiger partial charge in [0.25, 0.3) is 5.56 Å². The molecule has 146 valence electrons. The number of carbonyl (C=O) groups is 1. The lowest BCUT2D eigenvalue weighted by molar-refractivity contribution is -0.113. The lowest BCUT2D eigenvalue weighted by Gasteiger charge is -2.13. The van der Waals surface area contributed by atoms with E-state index in [1.807, 2.05) is 6.92 Å². The van der Waals surface area contributed by atoms with E-state index in [0.717, 1.165) is 23.5 Å². The average molecular weight is 428 g/mol. The van der Waals surface area contributed by atoms with Gasteiger partial charge in [-0.1, -0.05) is 36.9 Å². The minimum Gasteiger partial charge on any atom is -0.383 e. The van der Waals surface area contributed by atoms with Crippen molar-refractivity contribution < 1.29 is 9.53 Å². The standard InChI is InChI=1S/C16H21N5O3S3/c1-4-12-19-20-15(27-12)18-11(22)8-25-16-17-10-7-9(2)26-13(10)14(23)21(16)5-6-24-3/h9H,4-8H2,1-3H3,(H,18,20,22)/t9-/m0/s1. The maximum absolute atomic E-state index is 12.8. The molecule has 0 radical (unpaired) electrons. The fourth-order valence-corrected chi connectivity index (χ4v) is 5.21. The first-order valence-electron chi connectivity index (χ1n) is 8.56. The number of nitrogens with one attached hydrogen (secondary N) is 1. The molecule has 1 amide bonds. The highest BCUT2D eigenvalue weighted by atomic mass is 32.2. The Kier molecular flexibility index (Phi) is 6.90. The molecule has 1 aliphatic rings. The van der Waals surface area contributed by atoms with Crippen LogP contribution in [0.1, 0.15) is 24.5 Å². The number of methoxy groups -OCH3 is 1. The highest BCUT2D eigenvalue weighted by Crippen LogP contribution is 2.34. The van der Waals surface area contributed by atoms with Crippen molar-refractivity contribution in [1.82, 2.24) is 19.7 Å². The Balaban J connectivity index is 1.73. The number of ether oxygens (including phenoxy) is 1. The maximum atomic E-state index is 12.8. The van der Waals surface area contributed by atoms with Crippen molar-refractivity contribution in [3.05, 3.63) is 21.1 Å². The molecule has 0 aliphatic carbocycles. The second-order valence-electron chi connectivity index (χ2n) is 5.94. The summed E-state index contributed by atoms with van der Waals surface area (Å²) < 4.78 is 6.72. The fourth-order valence-electron chi connectivity index (χ4n) is 2.55. The van der Waals surface area contributed by atoms with Crippen molar-refractivity contribution >= 4 is 45.9 Å². The molecule has 1 N–H and O–H groups in total. The molecule has 0 saturated carbocycles. The van der Waals surface area contributed by atoms with Crippen LogP contribution < -0.4 is 10.9 Å². The van der Waals surface area contributed by atoms with Crippen LogP contribution in [0.4, 0.5) is 5.13 Å². The Morgan fingerprint density at radius 2 is 2.26 bits per heavy atom. The lowest BCUT2D eigenvalue weighted by Crippen LogP contribution is -2.27. The van der Waals surface area contributed by atoms with Crippen molar-refractivity contribution in [1.29, 1.82) is 0 Å². The van der Waals surface area contributed by atoms with Crippen LogP contribution in [-0.4, -0.2) is 50.4 Å². The third-order valence-corrected chi connectivity index (χ3v) is 7.00. The molecule has 3 heterocycles. The summed E-state index contributed by atoms with van der Waals surface area (Å²) in [5.41, 5.74) is 0.775. The molecular formula is C16H21N5O3S3. The molecule has 1 atom stereocenters. The van der Waals surface area contributed by atoms with Crippen LogP contribution in [0.15, 0.2) is 14.8 Å². The van der Waals surface area contributed by atoms with Crippen molar-refractivity contribution in [2.24, 2.45) is 0 Å². The number of rotatable bonds is 8. The molecule has 1 aliphatic heterocycles. The fraction of sp³-hybridized carbons (Fsp3) is 0.562. The summed E-state index contributed by atoms with van der Waals surface area (Å²) in [7, 11) is 1.59. The Hall–Kier alpha value is -1.43. The molecule has 2 aromatic rings. The number of nitrogens with zero attached hydrogens (tertiary/aromatic N) is 4. The Morgan fingerprint density at radius 3 is 2.96 bits per heavy atom. The predicted molar refractivity (Wildman–Crippen MR) is 108 cm³/mol. The largest absolute Gasteiger partial charge is 0.383 e. The van der Waals surface area contributed by atoms with E-state index in [2.05, 4.69) is 27.4 Å². The van der Waals surface area contributed by atoms with Gasteiger partial charge >= 0.3 is 0 Å². The predicted octanol–water partition coefficient (Wildman–Crippen LogP) is 2.07. The van der Waals surface area contributed by atoms with Crippen LogP contribution >= 0.6 is 34.9 Å². The first-order valence-corrected chi connectivity index (χ1v) is 11.2. The molecule has 0 bridgehead atoms. The third kappa shape index (κ3) is 4.89. The molecule has 3 rings (SSSR count). The molecule has 8 nitrogen and oxygen atoms in total. The van der Waals surface area contributed by atoms with E-state index in [4.69, 9.17) is 4.74 Å². The van der Waals surface area contributed by atoms with Gasteiger partial charge in [-0.25, -0.2) is 4.98 Å². The number of hydrogen-bond acceptors (Lipinski definition) is 9. The quantitative estimate of drug-likeness (QED) is 0.505. The highest BCUT2D eigenvalue weighted by molar-refractivity contribution is 8.00. The molecule has 0 fully saturated rings. The first-order chi connectivity index (χ1) is 13.0. The van der Waals surface area contributed by atoms with Gasteiger partial charge in [-0.05, 0) is 6.42 Å². The minimum absolute atomic E-state index is 0.0500. The number of carbonyl (C=O) groups excluding carboxylic acids is 1. The molecule has 0 saturated heterocycles. The zero-order chi connectivity index (χ0) is 19.4. The van der Waals surface area contributed by atoms with Crippen LogP contribution in [0.5, 0.6) is 0 Å². The lowest BCUT2D eigenvalue weighted by atomic mass is 10.2. The summed E-state index contributed by atoms with van der Waals surface area (Å²) >= 11 is 4.18. The second-order valence-corrected chi connectivity index (χ2v) is 9.40. The SMILES string of the molecule is CCc1nnc(NC(=O)CSc2nc3c(c(=O)n2CCOC)S[C@@H](C)C3)s1. The van der Waals surface area contributed by atoms with Crippen LogP contribution in [0, 0.1) is 0 Å². The number of amides is 1. The highest BCUT2D eigenvalue weighted by Gasteiger charge is 2.26. The molecule has 0 spiro atoms. The molecule has 11 heteroatoms. The van der Waals surface area contributed by atoms with Gasteiger partial charge in [0.1, 0.15) is 5.01 Å². The molecule has 0 aromatic carbocycles. The first kappa shape index (κ1) is 20.3. The van der Waals surface area contributed by atoms with E-state index in [1.165, 1.54) is 23.1 Å². The summed E-state index contributed by atoms with van der Waals surface area (Å²) in [6, 6.07) is 0. The van der Waals surface area contributed by atoms with E-state index >= 15 is 0 Å². The van der Waals surface area contributed by atoms with E-state index in [9.17, 15) is 9.59 Å². The summed E-state index contributed by atoms with van der Waals surface area (Å²) in [6.07, 6.45) is 1.55. The topological polar surface area (TPSA) is 99.0 Å². The van der Waals surface area contributed by atoms with Crippen LogP contribution in [0.3, 0.4) is 0 Å². The maximum Gasteiger partial charge on any atom is 0.268 e. The van der Waals surface area contributed by atoms with Gasteiger partial charge in [-0.15, -0.1) is 22.0 Å². The van der Waals surface area contributed by atoms with E-state index in [0.29, 0.717) is 33.6 Å². The van der Waals surface area contributed by atoms with Gasteiger partial charge in [0, 0.05) is 18.8 Å². The van der Waals surface area contributed by atoms with Crippen molar-refractivity contribution in [2.45, 2.75) is 48.5 Å². The molecule has 2 aromatic heterocycles. The van der Waals surface area contributed by atoms with Crippen molar-refractivity contribution in [3.63, 3.8) is 0 Å². The Labute approximate surface area is 169 Å². The normalized spacial score (nSPS) is 15.7. The van der Waals surface area contributed by atoms with Gasteiger partial charge in [-0.3, -0.25) is 19.5 Å². The molecule has 0 unspecified atom stereocenters. The Bertz CT molecular complexity index is 883. The Morgan fingerprint density at radius 1 is 1.44 bits per heavy atom. The van der Waals surface area contributed by atoms with E-state index < -0.39 is 0 Å². The number of fused-ring (bicyclic) bond motifs is 1. The third-order valence-electron chi connectivity index (χ3n) is 3.83. The van der Waals surface area contributed by atoms with Crippen molar-refractivity contribution in [2.75, 3.05) is 24.8 Å². The van der Waals surface area contributed by atoms with Gasteiger partial charge < -0.3 is 4.74 Å². The van der Waals surface area contributed by atoms with Crippen LogP contribution in [-0.2, 0) is 28.9 Å². The van der Waals surface area contributed by atoms with Gasteiger partial charge in [0.2, 0.25) is 11.0 Å². The number of hydrogen-bond donors (Lipinski definition) is 1.